The van der Waals surface area contributed by atoms with E-state index in [1.54, 1.807) is 34.3 Å². The number of hydrogen-bond donors (Lipinski definition) is 1. The summed E-state index contributed by atoms with van der Waals surface area (Å²) in [5.74, 6) is -0.399. The van der Waals surface area contributed by atoms with E-state index in [-0.39, 0.29) is 12.2 Å². The first-order valence-electron chi connectivity index (χ1n) is 9.11. The van der Waals surface area contributed by atoms with Crippen molar-refractivity contribution < 1.29 is 14.6 Å². The van der Waals surface area contributed by atoms with Gasteiger partial charge in [-0.1, -0.05) is 19.3 Å². The lowest BCUT2D eigenvalue weighted by Gasteiger charge is -2.32. The Hall–Kier alpha value is -2.08. The first-order valence-corrected chi connectivity index (χ1v) is 9.11. The number of carbonyl (C=O) groups excluding carboxylic acids is 1. The second-order valence-electron chi connectivity index (χ2n) is 6.82. The summed E-state index contributed by atoms with van der Waals surface area (Å²) in [5, 5.41) is 10.9. The number of aliphatic hydroxyl groups is 1. The molecule has 0 radical (unpaired) electrons. The van der Waals surface area contributed by atoms with Crippen molar-refractivity contribution in [1.82, 2.24) is 9.13 Å². The fourth-order valence-electron chi connectivity index (χ4n) is 3.78. The molecule has 2 aromatic rings. The van der Waals surface area contributed by atoms with Crippen molar-refractivity contribution in [3.8, 4) is 0 Å². The maximum atomic E-state index is 12.8. The van der Waals surface area contributed by atoms with Crippen LogP contribution in [0.2, 0.25) is 0 Å². The number of aromatic nitrogens is 2. The molecule has 1 aliphatic rings. The first kappa shape index (κ1) is 17.7. The van der Waals surface area contributed by atoms with Gasteiger partial charge in [0.1, 0.15) is 0 Å². The van der Waals surface area contributed by atoms with Gasteiger partial charge >= 0.3 is 11.7 Å². The average Bonchev–Trinajstić information content (AvgIpc) is 2.86. The van der Waals surface area contributed by atoms with Crippen molar-refractivity contribution in [2.45, 2.75) is 64.6 Å². The molecule has 1 saturated carbocycles. The highest BCUT2D eigenvalue weighted by Gasteiger charge is 2.31. The lowest BCUT2D eigenvalue weighted by atomic mass is 9.85. The molecule has 0 aliphatic heterocycles. The quantitative estimate of drug-likeness (QED) is 0.845. The largest absolute Gasteiger partial charge is 0.462 e. The van der Waals surface area contributed by atoms with Gasteiger partial charge in [0, 0.05) is 6.54 Å². The highest BCUT2D eigenvalue weighted by molar-refractivity contribution is 5.93. The van der Waals surface area contributed by atoms with Crippen molar-refractivity contribution in [3.05, 3.63) is 34.2 Å². The van der Waals surface area contributed by atoms with E-state index in [2.05, 4.69) is 0 Å². The van der Waals surface area contributed by atoms with E-state index in [0.717, 1.165) is 24.8 Å². The zero-order chi connectivity index (χ0) is 18.0. The Bertz CT molecular complexity index is 828. The van der Waals surface area contributed by atoms with Crippen LogP contribution in [0.1, 0.15) is 56.3 Å². The summed E-state index contributed by atoms with van der Waals surface area (Å²) in [6.45, 7) is 4.79. The molecular weight excluding hydrogens is 320 g/mol. The third-order valence-electron chi connectivity index (χ3n) is 5.08. The predicted octanol–water partition coefficient (Wildman–Crippen LogP) is 2.69. The summed E-state index contributed by atoms with van der Waals surface area (Å²) in [6.07, 6.45) is 4.49. The monoisotopic (exact) mass is 346 g/mol. The zero-order valence-corrected chi connectivity index (χ0v) is 15.0. The van der Waals surface area contributed by atoms with Gasteiger partial charge in [0.2, 0.25) is 0 Å². The standard InChI is InChI=1S/C19H26N2O4/c1-3-20-15-9-8-14(17(22)25-4-2)12-16(15)21(18(20)23)13-19(24)10-6-5-7-11-19/h8-9,12,24H,3-7,10-11,13H2,1-2H3. The van der Waals surface area contributed by atoms with E-state index in [1.165, 1.54) is 0 Å². The van der Waals surface area contributed by atoms with Crippen LogP contribution < -0.4 is 5.69 Å². The number of fused-ring (bicyclic) bond motifs is 1. The molecule has 1 N–H and O–H groups in total. The predicted molar refractivity (Wildman–Crippen MR) is 95.9 cm³/mol. The highest BCUT2D eigenvalue weighted by atomic mass is 16.5. The van der Waals surface area contributed by atoms with E-state index in [0.29, 0.717) is 37.1 Å². The molecule has 136 valence electrons. The molecule has 0 bridgehead atoms. The average molecular weight is 346 g/mol. The van der Waals surface area contributed by atoms with Crippen LogP contribution in [-0.4, -0.2) is 32.4 Å². The van der Waals surface area contributed by atoms with Crippen molar-refractivity contribution >= 4 is 17.0 Å². The molecule has 6 nitrogen and oxygen atoms in total. The van der Waals surface area contributed by atoms with Crippen molar-refractivity contribution in [2.75, 3.05) is 6.61 Å². The summed E-state index contributed by atoms with van der Waals surface area (Å²) in [5.41, 5.74) is 0.885. The number of imidazole rings is 1. The molecule has 1 fully saturated rings. The Morgan fingerprint density at radius 2 is 1.88 bits per heavy atom. The Kier molecular flexibility index (Phi) is 4.99. The summed E-state index contributed by atoms with van der Waals surface area (Å²) in [4.78, 5) is 24.9. The second kappa shape index (κ2) is 7.04. The molecule has 0 saturated heterocycles. The van der Waals surface area contributed by atoms with Crippen LogP contribution in [-0.2, 0) is 17.8 Å². The lowest BCUT2D eigenvalue weighted by Crippen LogP contribution is -2.39. The molecule has 25 heavy (non-hydrogen) atoms. The summed E-state index contributed by atoms with van der Waals surface area (Å²) >= 11 is 0. The number of ether oxygens (including phenoxy) is 1. The van der Waals surface area contributed by atoms with Gasteiger partial charge in [0.15, 0.2) is 0 Å². The molecule has 1 aliphatic carbocycles. The number of hydrogen-bond acceptors (Lipinski definition) is 4. The topological polar surface area (TPSA) is 73.5 Å². The SMILES string of the molecule is CCOC(=O)c1ccc2c(c1)n(CC1(O)CCCCC1)c(=O)n2CC. The van der Waals surface area contributed by atoms with Gasteiger partial charge in [-0.25, -0.2) is 9.59 Å². The van der Waals surface area contributed by atoms with E-state index < -0.39 is 11.6 Å². The van der Waals surface area contributed by atoms with Crippen molar-refractivity contribution in [1.29, 1.82) is 0 Å². The zero-order valence-electron chi connectivity index (χ0n) is 15.0. The number of carbonyl (C=O) groups is 1. The number of esters is 1. The smallest absolute Gasteiger partial charge is 0.338 e. The molecule has 1 aromatic carbocycles. The molecule has 6 heteroatoms. The van der Waals surface area contributed by atoms with Crippen LogP contribution in [0, 0.1) is 0 Å². The Morgan fingerprint density at radius 3 is 2.52 bits per heavy atom. The maximum absolute atomic E-state index is 12.8. The molecule has 1 heterocycles. The van der Waals surface area contributed by atoms with E-state index in [1.807, 2.05) is 6.92 Å². The van der Waals surface area contributed by atoms with Gasteiger partial charge < -0.3 is 9.84 Å². The van der Waals surface area contributed by atoms with Crippen LogP contribution in [0.3, 0.4) is 0 Å². The van der Waals surface area contributed by atoms with Gasteiger partial charge in [-0.3, -0.25) is 9.13 Å². The number of nitrogens with zero attached hydrogens (tertiary/aromatic N) is 2. The van der Waals surface area contributed by atoms with Gasteiger partial charge in [-0.05, 0) is 44.9 Å². The molecular formula is C19H26N2O4. The van der Waals surface area contributed by atoms with Crippen LogP contribution >= 0.6 is 0 Å². The Labute approximate surface area is 147 Å². The molecule has 1 aromatic heterocycles. The van der Waals surface area contributed by atoms with Gasteiger partial charge in [0.05, 0.1) is 35.3 Å². The third kappa shape index (κ3) is 3.35. The molecule has 0 spiro atoms. The van der Waals surface area contributed by atoms with E-state index in [4.69, 9.17) is 4.74 Å². The van der Waals surface area contributed by atoms with E-state index in [9.17, 15) is 14.7 Å². The Morgan fingerprint density at radius 1 is 1.16 bits per heavy atom. The van der Waals surface area contributed by atoms with Crippen LogP contribution in [0.5, 0.6) is 0 Å². The van der Waals surface area contributed by atoms with Gasteiger partial charge in [0.25, 0.3) is 0 Å². The fourth-order valence-corrected chi connectivity index (χ4v) is 3.78. The van der Waals surface area contributed by atoms with Crippen LogP contribution in [0.15, 0.2) is 23.0 Å². The van der Waals surface area contributed by atoms with Gasteiger partial charge in [-0.2, -0.15) is 0 Å². The number of aryl methyl sites for hydroxylation is 1. The molecule has 0 amide bonds. The summed E-state index contributed by atoms with van der Waals surface area (Å²) < 4.78 is 8.36. The highest BCUT2D eigenvalue weighted by Crippen LogP contribution is 2.30. The fraction of sp³-hybridized carbons (Fsp3) is 0.579. The minimum atomic E-state index is -0.852. The second-order valence-corrected chi connectivity index (χ2v) is 6.82. The van der Waals surface area contributed by atoms with Crippen molar-refractivity contribution in [2.24, 2.45) is 0 Å². The van der Waals surface area contributed by atoms with E-state index >= 15 is 0 Å². The minimum absolute atomic E-state index is 0.141. The number of rotatable bonds is 5. The third-order valence-corrected chi connectivity index (χ3v) is 5.08. The van der Waals surface area contributed by atoms with Crippen LogP contribution in [0.4, 0.5) is 0 Å². The summed E-state index contributed by atoms with van der Waals surface area (Å²) in [7, 11) is 0. The minimum Gasteiger partial charge on any atom is -0.462 e. The molecule has 0 unspecified atom stereocenters. The van der Waals surface area contributed by atoms with Crippen LogP contribution in [0.25, 0.3) is 11.0 Å². The normalized spacial score (nSPS) is 16.9. The Balaban J connectivity index is 2.08. The molecule has 0 atom stereocenters. The number of benzene rings is 1. The van der Waals surface area contributed by atoms with Gasteiger partial charge in [-0.15, -0.1) is 0 Å². The molecule has 3 rings (SSSR count). The summed E-state index contributed by atoms with van der Waals surface area (Å²) in [6, 6.07) is 5.17. The lowest BCUT2D eigenvalue weighted by molar-refractivity contribution is -0.0114. The maximum Gasteiger partial charge on any atom is 0.338 e. The first-order chi connectivity index (χ1) is 12.0. The van der Waals surface area contributed by atoms with Crippen molar-refractivity contribution in [3.63, 3.8) is 0 Å².